The van der Waals surface area contributed by atoms with E-state index in [9.17, 15) is 14.7 Å². The summed E-state index contributed by atoms with van der Waals surface area (Å²) in [6.45, 7) is 2.83. The van der Waals surface area contributed by atoms with Gasteiger partial charge in [-0.3, -0.25) is 4.79 Å². The van der Waals surface area contributed by atoms with Crippen LogP contribution in [0.15, 0.2) is 37.1 Å². The van der Waals surface area contributed by atoms with Crippen LogP contribution >= 0.6 is 10.9 Å². The third-order valence-electron chi connectivity index (χ3n) is 2.47. The van der Waals surface area contributed by atoms with Crippen molar-refractivity contribution < 1.29 is 14.3 Å². The van der Waals surface area contributed by atoms with E-state index in [0.29, 0.717) is 0 Å². The van der Waals surface area contributed by atoms with Gasteiger partial charge in [-0.2, -0.15) is 10.9 Å². The molecule has 2 heterocycles. The second-order valence-corrected chi connectivity index (χ2v) is 5.52. The largest absolute Gasteiger partial charge is 0.506 e. The van der Waals surface area contributed by atoms with Crippen molar-refractivity contribution >= 4 is 16.7 Å². The molecule has 0 saturated heterocycles. The summed E-state index contributed by atoms with van der Waals surface area (Å²) in [4.78, 5) is 23.3. The van der Waals surface area contributed by atoms with Crippen molar-refractivity contribution in [2.24, 2.45) is 0 Å². The summed E-state index contributed by atoms with van der Waals surface area (Å²) in [5.41, 5.74) is -0.483. The van der Waals surface area contributed by atoms with E-state index in [-0.39, 0.29) is 27.8 Å². The fourth-order valence-corrected chi connectivity index (χ4v) is 3.33. The molecule has 0 saturated carbocycles. The summed E-state index contributed by atoms with van der Waals surface area (Å²) in [7, 11) is -1.00. The van der Waals surface area contributed by atoms with Gasteiger partial charge in [-0.25, -0.2) is 4.79 Å². The average molecular weight is 252 g/mol. The number of allylic oxidation sites excluding steroid dienone is 2. The molecule has 2 rings (SSSR count). The lowest BCUT2D eigenvalue weighted by Gasteiger charge is -2.13. The summed E-state index contributed by atoms with van der Waals surface area (Å²) in [6, 6.07) is 0. The van der Waals surface area contributed by atoms with Crippen LogP contribution in [0.25, 0.3) is 0 Å². The zero-order chi connectivity index (χ0) is 12.6. The minimum Gasteiger partial charge on any atom is -0.506 e. The first-order chi connectivity index (χ1) is 8.02. The Morgan fingerprint density at radius 1 is 1.35 bits per heavy atom. The van der Waals surface area contributed by atoms with Crippen LogP contribution in [-0.4, -0.2) is 10.9 Å². The molecule has 5 heteroatoms. The van der Waals surface area contributed by atoms with E-state index in [1.807, 2.05) is 10.8 Å². The highest BCUT2D eigenvalue weighted by Gasteiger charge is 2.22. The van der Waals surface area contributed by atoms with E-state index in [2.05, 4.69) is 0 Å². The number of aryl methyl sites for hydroxylation is 1. The number of rotatable bonds is 2. The van der Waals surface area contributed by atoms with Crippen molar-refractivity contribution in [2.75, 3.05) is 0 Å². The number of Topliss-reactive ketones (excluding diaryl/α,β-unsaturated/α-hetero) is 1. The number of ketones is 1. The molecule has 0 spiro atoms. The lowest BCUT2D eigenvalue weighted by atomic mass is 10.1. The summed E-state index contributed by atoms with van der Waals surface area (Å²) >= 11 is 0. The Balaban J connectivity index is 2.71. The van der Waals surface area contributed by atoms with Crippen LogP contribution in [0, 0.1) is 6.92 Å². The summed E-state index contributed by atoms with van der Waals surface area (Å²) in [6.07, 6.45) is 3.61. The molecule has 0 radical (unpaired) electrons. The van der Waals surface area contributed by atoms with Gasteiger partial charge in [0.25, 0.3) is 0 Å². The SMILES string of the molecule is CC(=O)c1c(C)oc(=O)c([SH]2C=CC=C2)c1O. The van der Waals surface area contributed by atoms with Gasteiger partial charge in [-0.05, 0) is 24.7 Å². The summed E-state index contributed by atoms with van der Waals surface area (Å²) in [5, 5.41) is 13.7. The van der Waals surface area contributed by atoms with Crippen LogP contribution in [0.3, 0.4) is 0 Å². The smallest absolute Gasteiger partial charge is 0.352 e. The first-order valence-electron chi connectivity index (χ1n) is 5.03. The number of carbonyl (C=O) groups excluding carboxylic acids is 1. The zero-order valence-electron chi connectivity index (χ0n) is 9.43. The molecule has 0 atom stereocenters. The third kappa shape index (κ3) is 1.93. The third-order valence-corrected chi connectivity index (χ3v) is 4.36. The van der Waals surface area contributed by atoms with Crippen molar-refractivity contribution in [3.05, 3.63) is 44.7 Å². The van der Waals surface area contributed by atoms with E-state index in [1.165, 1.54) is 13.8 Å². The second-order valence-electron chi connectivity index (χ2n) is 3.66. The molecular weight excluding hydrogens is 240 g/mol. The molecule has 1 aliphatic heterocycles. The Morgan fingerprint density at radius 3 is 2.47 bits per heavy atom. The summed E-state index contributed by atoms with van der Waals surface area (Å²) in [5.74, 6) is -0.397. The fraction of sp³-hybridized carbons (Fsp3) is 0.167. The molecule has 1 aromatic rings. The van der Waals surface area contributed by atoms with Gasteiger partial charge in [0.2, 0.25) is 0 Å². The molecule has 0 aliphatic carbocycles. The van der Waals surface area contributed by atoms with E-state index < -0.39 is 16.5 Å². The maximum atomic E-state index is 11.7. The maximum Gasteiger partial charge on any atom is 0.352 e. The van der Waals surface area contributed by atoms with Gasteiger partial charge in [0, 0.05) is 0 Å². The standard InChI is InChI=1S/C12H12O4S/c1-7(13)9-8(2)16-12(15)11(10(9)14)17-5-3-4-6-17/h3-6,14,17H,1-2H3. The van der Waals surface area contributed by atoms with Gasteiger partial charge in [0.05, 0.1) is 5.56 Å². The Hall–Kier alpha value is -1.75. The monoisotopic (exact) mass is 252 g/mol. The van der Waals surface area contributed by atoms with Crippen molar-refractivity contribution in [3.63, 3.8) is 0 Å². The Labute approximate surface area is 101 Å². The highest BCUT2D eigenvalue weighted by molar-refractivity contribution is 8.22. The van der Waals surface area contributed by atoms with Crippen molar-refractivity contribution in [1.82, 2.24) is 0 Å². The molecule has 1 aliphatic rings. The second kappa shape index (κ2) is 4.25. The van der Waals surface area contributed by atoms with Gasteiger partial charge in [-0.15, -0.1) is 0 Å². The van der Waals surface area contributed by atoms with E-state index in [0.717, 1.165) is 0 Å². The van der Waals surface area contributed by atoms with Crippen molar-refractivity contribution in [2.45, 2.75) is 18.7 Å². The molecular formula is C12H12O4S. The molecule has 0 amide bonds. The van der Waals surface area contributed by atoms with Crippen LogP contribution in [0.2, 0.25) is 0 Å². The topological polar surface area (TPSA) is 67.5 Å². The molecule has 0 fully saturated rings. The molecule has 17 heavy (non-hydrogen) atoms. The first kappa shape index (κ1) is 11.7. The van der Waals surface area contributed by atoms with Crippen LogP contribution in [-0.2, 0) is 0 Å². The average Bonchev–Trinajstić information content (AvgIpc) is 2.69. The number of aromatic hydroxyl groups is 1. The predicted molar refractivity (Wildman–Crippen MR) is 66.9 cm³/mol. The molecule has 4 nitrogen and oxygen atoms in total. The van der Waals surface area contributed by atoms with E-state index in [4.69, 9.17) is 4.42 Å². The lowest BCUT2D eigenvalue weighted by molar-refractivity contribution is 0.101. The van der Waals surface area contributed by atoms with Gasteiger partial charge in [-0.1, -0.05) is 12.2 Å². The van der Waals surface area contributed by atoms with E-state index >= 15 is 0 Å². The quantitative estimate of drug-likeness (QED) is 0.626. The Kier molecular flexibility index (Phi) is 2.93. The predicted octanol–water partition coefficient (Wildman–Crippen LogP) is 2.26. The van der Waals surface area contributed by atoms with Gasteiger partial charge >= 0.3 is 5.63 Å². The number of carbonyl (C=O) groups is 1. The first-order valence-corrected chi connectivity index (χ1v) is 6.51. The molecule has 1 N–H and O–H groups in total. The number of hydrogen-bond donors (Lipinski definition) is 2. The van der Waals surface area contributed by atoms with Crippen LogP contribution < -0.4 is 5.63 Å². The number of thiol groups is 1. The molecule has 90 valence electrons. The zero-order valence-corrected chi connectivity index (χ0v) is 10.3. The fourth-order valence-electron chi connectivity index (χ4n) is 1.75. The summed E-state index contributed by atoms with van der Waals surface area (Å²) < 4.78 is 5.01. The van der Waals surface area contributed by atoms with Crippen molar-refractivity contribution in [3.8, 4) is 5.75 Å². The normalized spacial score (nSPS) is 15.5. The van der Waals surface area contributed by atoms with Crippen LogP contribution in [0.5, 0.6) is 5.75 Å². The van der Waals surface area contributed by atoms with Gasteiger partial charge in [0.15, 0.2) is 5.78 Å². The Morgan fingerprint density at radius 2 is 1.94 bits per heavy atom. The molecule has 1 aromatic heterocycles. The molecule has 0 unspecified atom stereocenters. The molecule has 0 aromatic carbocycles. The van der Waals surface area contributed by atoms with E-state index in [1.54, 1.807) is 12.2 Å². The lowest BCUT2D eigenvalue weighted by Crippen LogP contribution is -2.10. The minimum atomic E-state index is -1.00. The maximum absolute atomic E-state index is 11.7. The van der Waals surface area contributed by atoms with Crippen LogP contribution in [0.4, 0.5) is 0 Å². The number of hydrogen-bond acceptors (Lipinski definition) is 4. The van der Waals surface area contributed by atoms with Crippen molar-refractivity contribution in [1.29, 1.82) is 0 Å². The highest BCUT2D eigenvalue weighted by atomic mass is 32.2. The minimum absolute atomic E-state index is 0.0933. The Bertz CT molecular complexity index is 583. The van der Waals surface area contributed by atoms with Gasteiger partial charge in [0.1, 0.15) is 16.4 Å². The van der Waals surface area contributed by atoms with Gasteiger partial charge < -0.3 is 9.52 Å². The van der Waals surface area contributed by atoms with Crippen LogP contribution in [0.1, 0.15) is 23.0 Å². The molecule has 0 bridgehead atoms. The highest BCUT2D eigenvalue weighted by Crippen LogP contribution is 2.45.